The number of aromatic hydroxyl groups is 1. The first-order valence-corrected chi connectivity index (χ1v) is 4.97. The molecule has 3 N–H and O–H groups in total. The molecule has 0 fully saturated rings. The van der Waals surface area contributed by atoms with E-state index in [0.717, 1.165) is 6.07 Å². The largest absolute Gasteiger partial charge is 0.507 e. The number of nitrogens with one attached hydrogen (secondary N) is 1. The Labute approximate surface area is 93.9 Å². The van der Waals surface area contributed by atoms with E-state index in [1.165, 1.54) is 0 Å². The van der Waals surface area contributed by atoms with Gasteiger partial charge in [0.1, 0.15) is 17.4 Å². The van der Waals surface area contributed by atoms with Crippen molar-refractivity contribution in [3.05, 3.63) is 27.7 Å². The number of phenols is 1. The summed E-state index contributed by atoms with van der Waals surface area (Å²) < 4.78 is 26.0. The van der Waals surface area contributed by atoms with Gasteiger partial charge in [0.05, 0.1) is 16.1 Å². The molecular formula is C9H10BrF2NO2. The van der Waals surface area contributed by atoms with E-state index in [0.29, 0.717) is 0 Å². The van der Waals surface area contributed by atoms with Gasteiger partial charge in [0.15, 0.2) is 0 Å². The minimum absolute atomic E-state index is 0.0581. The average molecular weight is 282 g/mol. The summed E-state index contributed by atoms with van der Waals surface area (Å²) in [6.45, 7) is 0.0581. The van der Waals surface area contributed by atoms with Crippen LogP contribution in [0.25, 0.3) is 0 Å². The number of hydrogen-bond acceptors (Lipinski definition) is 3. The Morgan fingerprint density at radius 1 is 1.53 bits per heavy atom. The fourth-order valence-corrected chi connectivity index (χ4v) is 1.54. The third kappa shape index (κ3) is 2.45. The molecule has 1 aromatic carbocycles. The van der Waals surface area contributed by atoms with E-state index in [1.54, 1.807) is 7.05 Å². The molecule has 0 aromatic heterocycles. The maximum atomic E-state index is 13.5. The Kier molecular flexibility index (Phi) is 4.01. The summed E-state index contributed by atoms with van der Waals surface area (Å²) in [6, 6.07) is 0.751. The monoisotopic (exact) mass is 281 g/mol. The lowest BCUT2D eigenvalue weighted by atomic mass is 10.1. The zero-order chi connectivity index (χ0) is 11.6. The summed E-state index contributed by atoms with van der Waals surface area (Å²) in [4.78, 5) is 0. The van der Waals surface area contributed by atoms with E-state index < -0.39 is 28.0 Å². The molecule has 0 aliphatic heterocycles. The SMILES string of the molecule is CNCC(O)c1c(O)cc(F)c(Br)c1F. The minimum Gasteiger partial charge on any atom is -0.507 e. The lowest BCUT2D eigenvalue weighted by molar-refractivity contribution is 0.168. The van der Waals surface area contributed by atoms with Crippen LogP contribution in [-0.2, 0) is 0 Å². The smallest absolute Gasteiger partial charge is 0.149 e. The molecule has 0 aliphatic carbocycles. The van der Waals surface area contributed by atoms with Crippen LogP contribution in [0.2, 0.25) is 0 Å². The molecule has 0 aliphatic rings. The first-order chi connectivity index (χ1) is 6.99. The van der Waals surface area contributed by atoms with Crippen LogP contribution in [-0.4, -0.2) is 23.8 Å². The molecule has 0 saturated heterocycles. The van der Waals surface area contributed by atoms with E-state index >= 15 is 0 Å². The molecule has 0 radical (unpaired) electrons. The van der Waals surface area contributed by atoms with Crippen molar-refractivity contribution in [1.82, 2.24) is 5.32 Å². The molecule has 1 rings (SSSR count). The predicted molar refractivity (Wildman–Crippen MR) is 54.6 cm³/mol. The fraction of sp³-hybridized carbons (Fsp3) is 0.333. The molecule has 84 valence electrons. The fourth-order valence-electron chi connectivity index (χ4n) is 1.21. The Hall–Kier alpha value is -0.720. The van der Waals surface area contributed by atoms with Crippen molar-refractivity contribution >= 4 is 15.9 Å². The number of rotatable bonds is 3. The molecule has 1 unspecified atom stereocenters. The van der Waals surface area contributed by atoms with Gasteiger partial charge in [-0.05, 0) is 23.0 Å². The molecule has 15 heavy (non-hydrogen) atoms. The first kappa shape index (κ1) is 12.4. The number of halogens is 3. The molecule has 0 amide bonds. The maximum absolute atomic E-state index is 13.5. The van der Waals surface area contributed by atoms with Gasteiger partial charge in [-0.3, -0.25) is 0 Å². The van der Waals surface area contributed by atoms with Gasteiger partial charge < -0.3 is 15.5 Å². The maximum Gasteiger partial charge on any atom is 0.149 e. The zero-order valence-electron chi connectivity index (χ0n) is 7.89. The second-order valence-corrected chi connectivity index (χ2v) is 3.79. The van der Waals surface area contributed by atoms with Crippen LogP contribution in [0.4, 0.5) is 8.78 Å². The molecule has 1 aromatic rings. The lowest BCUT2D eigenvalue weighted by Crippen LogP contribution is -2.18. The van der Waals surface area contributed by atoms with E-state index in [1.807, 2.05) is 0 Å². The van der Waals surface area contributed by atoms with Crippen molar-refractivity contribution in [2.75, 3.05) is 13.6 Å². The van der Waals surface area contributed by atoms with E-state index in [2.05, 4.69) is 21.2 Å². The van der Waals surface area contributed by atoms with Gasteiger partial charge in [0.25, 0.3) is 0 Å². The second-order valence-electron chi connectivity index (χ2n) is 2.99. The average Bonchev–Trinajstić information content (AvgIpc) is 2.15. The standard InChI is InChI=1S/C9H10BrF2NO2/c1-13-3-6(15)7-5(14)2-4(11)8(10)9(7)12/h2,6,13-15H,3H2,1H3. The third-order valence-corrected chi connectivity index (χ3v) is 2.64. The Bertz CT molecular complexity index is 374. The van der Waals surface area contributed by atoms with Crippen molar-refractivity contribution in [2.24, 2.45) is 0 Å². The summed E-state index contributed by atoms with van der Waals surface area (Å²) in [7, 11) is 1.57. The van der Waals surface area contributed by atoms with Crippen LogP contribution >= 0.6 is 15.9 Å². The van der Waals surface area contributed by atoms with Crippen molar-refractivity contribution in [3.8, 4) is 5.75 Å². The molecule has 6 heteroatoms. The van der Waals surface area contributed by atoms with Gasteiger partial charge in [0, 0.05) is 12.6 Å². The summed E-state index contributed by atoms with van der Waals surface area (Å²) in [6.07, 6.45) is -1.23. The van der Waals surface area contributed by atoms with Gasteiger partial charge in [0.2, 0.25) is 0 Å². The summed E-state index contributed by atoms with van der Waals surface area (Å²) in [5.41, 5.74) is -0.322. The Balaban J connectivity index is 3.23. The Morgan fingerprint density at radius 2 is 2.13 bits per heavy atom. The van der Waals surface area contributed by atoms with E-state index in [-0.39, 0.29) is 12.1 Å². The zero-order valence-corrected chi connectivity index (χ0v) is 9.48. The molecule has 0 spiro atoms. The Morgan fingerprint density at radius 3 is 2.67 bits per heavy atom. The second kappa shape index (κ2) is 4.87. The molecule has 0 bridgehead atoms. The van der Waals surface area contributed by atoms with Crippen LogP contribution in [0.1, 0.15) is 11.7 Å². The third-order valence-electron chi connectivity index (χ3n) is 1.91. The molecule has 3 nitrogen and oxygen atoms in total. The van der Waals surface area contributed by atoms with Gasteiger partial charge >= 0.3 is 0 Å². The van der Waals surface area contributed by atoms with Crippen LogP contribution in [0.3, 0.4) is 0 Å². The van der Waals surface area contributed by atoms with Crippen LogP contribution in [0, 0.1) is 11.6 Å². The van der Waals surface area contributed by atoms with E-state index in [9.17, 15) is 19.0 Å². The number of benzene rings is 1. The van der Waals surface area contributed by atoms with Crippen molar-refractivity contribution < 1.29 is 19.0 Å². The number of aliphatic hydroxyl groups is 1. The summed E-state index contributed by atoms with van der Waals surface area (Å²) in [5.74, 6) is -2.50. The van der Waals surface area contributed by atoms with Crippen molar-refractivity contribution in [3.63, 3.8) is 0 Å². The highest BCUT2D eigenvalue weighted by Gasteiger charge is 2.22. The molecule has 0 heterocycles. The normalized spacial score (nSPS) is 12.9. The summed E-state index contributed by atoms with van der Waals surface area (Å²) >= 11 is 2.69. The quantitative estimate of drug-likeness (QED) is 0.739. The number of phenolic OH excluding ortho intramolecular Hbond substituents is 1. The minimum atomic E-state index is -1.23. The molecular weight excluding hydrogens is 272 g/mol. The van der Waals surface area contributed by atoms with Gasteiger partial charge in [-0.1, -0.05) is 0 Å². The van der Waals surface area contributed by atoms with Gasteiger partial charge in [-0.2, -0.15) is 0 Å². The van der Waals surface area contributed by atoms with Crippen molar-refractivity contribution in [1.29, 1.82) is 0 Å². The van der Waals surface area contributed by atoms with Crippen LogP contribution in [0.5, 0.6) is 5.75 Å². The highest BCUT2D eigenvalue weighted by Crippen LogP contribution is 2.33. The highest BCUT2D eigenvalue weighted by atomic mass is 79.9. The van der Waals surface area contributed by atoms with Crippen LogP contribution < -0.4 is 5.32 Å². The van der Waals surface area contributed by atoms with Crippen LogP contribution in [0.15, 0.2) is 10.5 Å². The molecule has 1 atom stereocenters. The van der Waals surface area contributed by atoms with Gasteiger partial charge in [-0.15, -0.1) is 0 Å². The molecule has 0 saturated carbocycles. The predicted octanol–water partition coefficient (Wildman–Crippen LogP) is 1.69. The number of hydrogen-bond donors (Lipinski definition) is 3. The van der Waals surface area contributed by atoms with Gasteiger partial charge in [-0.25, -0.2) is 8.78 Å². The summed E-state index contributed by atoms with van der Waals surface area (Å²) in [5, 5.41) is 21.4. The highest BCUT2D eigenvalue weighted by molar-refractivity contribution is 9.10. The van der Waals surface area contributed by atoms with Crippen molar-refractivity contribution in [2.45, 2.75) is 6.10 Å². The topological polar surface area (TPSA) is 52.5 Å². The lowest BCUT2D eigenvalue weighted by Gasteiger charge is -2.14. The first-order valence-electron chi connectivity index (χ1n) is 4.18. The number of aliphatic hydroxyl groups excluding tert-OH is 1. The van der Waals surface area contributed by atoms with E-state index in [4.69, 9.17) is 0 Å². The number of likely N-dealkylation sites (N-methyl/N-ethyl adjacent to an activating group) is 1.